The Morgan fingerprint density at radius 3 is 1.96 bits per heavy atom. The maximum atomic E-state index is 6.05. The molecule has 0 atom stereocenters. The molecule has 4 aromatic rings. The molecule has 0 aliphatic rings. The van der Waals surface area contributed by atoms with Gasteiger partial charge in [0.1, 0.15) is 0 Å². The summed E-state index contributed by atoms with van der Waals surface area (Å²) >= 11 is 0. The monoisotopic (exact) mass is 338 g/mol. The zero-order valence-electron chi connectivity index (χ0n) is 14.2. The van der Waals surface area contributed by atoms with E-state index in [0.717, 1.165) is 34.5 Å². The van der Waals surface area contributed by atoms with Gasteiger partial charge in [-0.05, 0) is 17.7 Å². The quantitative estimate of drug-likeness (QED) is 0.600. The van der Waals surface area contributed by atoms with Gasteiger partial charge in [0.05, 0.1) is 11.4 Å². The molecule has 2 aromatic carbocycles. The summed E-state index contributed by atoms with van der Waals surface area (Å²) in [5, 5.41) is 0. The number of nitrogens with zero attached hydrogens (tertiary/aromatic N) is 3. The molecule has 0 aliphatic carbocycles. The first-order valence-electron chi connectivity index (χ1n) is 8.47. The lowest BCUT2D eigenvalue weighted by Gasteiger charge is -2.15. The van der Waals surface area contributed by atoms with Crippen molar-refractivity contribution >= 4 is 5.95 Å². The van der Waals surface area contributed by atoms with Crippen molar-refractivity contribution in [1.29, 1.82) is 0 Å². The molecule has 4 heteroatoms. The van der Waals surface area contributed by atoms with Crippen LogP contribution in [0.25, 0.3) is 22.5 Å². The molecule has 0 amide bonds. The predicted molar refractivity (Wildman–Crippen MR) is 104 cm³/mol. The topological polar surface area (TPSA) is 64.7 Å². The van der Waals surface area contributed by atoms with Gasteiger partial charge < -0.3 is 5.73 Å². The van der Waals surface area contributed by atoms with E-state index in [9.17, 15) is 0 Å². The zero-order valence-corrected chi connectivity index (χ0v) is 14.2. The molecule has 0 aliphatic heterocycles. The SMILES string of the molecule is Nc1nc(-c2ccccc2)c(Cc2ccccc2)c(-c2cccnc2)n1. The van der Waals surface area contributed by atoms with Gasteiger partial charge in [-0.15, -0.1) is 0 Å². The van der Waals surface area contributed by atoms with E-state index in [-0.39, 0.29) is 5.95 Å². The molecular formula is C22H18N4. The van der Waals surface area contributed by atoms with Gasteiger partial charge in [0.2, 0.25) is 5.95 Å². The van der Waals surface area contributed by atoms with Gasteiger partial charge >= 0.3 is 0 Å². The molecule has 0 saturated heterocycles. The standard InChI is InChI=1S/C22H18N4/c23-22-25-20(17-10-5-2-6-11-17)19(14-16-8-3-1-4-9-16)21(26-22)18-12-7-13-24-15-18/h1-13,15H,14H2,(H2,23,25,26). The molecule has 2 heterocycles. The van der Waals surface area contributed by atoms with Crippen molar-refractivity contribution in [2.45, 2.75) is 6.42 Å². The van der Waals surface area contributed by atoms with E-state index in [1.807, 2.05) is 66.9 Å². The summed E-state index contributed by atoms with van der Waals surface area (Å²) in [6, 6.07) is 24.3. The number of aromatic nitrogens is 3. The Morgan fingerprint density at radius 2 is 1.31 bits per heavy atom. The lowest BCUT2D eigenvalue weighted by Crippen LogP contribution is -2.06. The van der Waals surface area contributed by atoms with Crippen molar-refractivity contribution in [3.63, 3.8) is 0 Å². The van der Waals surface area contributed by atoms with Crippen LogP contribution in [-0.4, -0.2) is 15.0 Å². The summed E-state index contributed by atoms with van der Waals surface area (Å²) < 4.78 is 0. The maximum absolute atomic E-state index is 6.05. The van der Waals surface area contributed by atoms with Crippen LogP contribution in [0.15, 0.2) is 85.2 Å². The zero-order chi connectivity index (χ0) is 17.8. The molecule has 4 rings (SSSR count). The van der Waals surface area contributed by atoms with Crippen LogP contribution in [0.3, 0.4) is 0 Å². The maximum Gasteiger partial charge on any atom is 0.221 e. The Balaban J connectivity index is 1.95. The normalized spacial score (nSPS) is 10.6. The van der Waals surface area contributed by atoms with E-state index < -0.39 is 0 Å². The number of nitrogens with two attached hydrogens (primary N) is 1. The fourth-order valence-electron chi connectivity index (χ4n) is 3.05. The Kier molecular flexibility index (Phi) is 4.39. The number of anilines is 1. The minimum Gasteiger partial charge on any atom is -0.368 e. The third kappa shape index (κ3) is 3.30. The molecule has 0 unspecified atom stereocenters. The average molecular weight is 338 g/mol. The summed E-state index contributed by atoms with van der Waals surface area (Å²) in [6.07, 6.45) is 4.28. The van der Waals surface area contributed by atoms with E-state index in [0.29, 0.717) is 0 Å². The number of hydrogen-bond donors (Lipinski definition) is 1. The van der Waals surface area contributed by atoms with Crippen LogP contribution in [0.2, 0.25) is 0 Å². The molecule has 26 heavy (non-hydrogen) atoms. The first-order valence-corrected chi connectivity index (χ1v) is 8.47. The van der Waals surface area contributed by atoms with Crippen molar-refractivity contribution in [2.24, 2.45) is 0 Å². The molecule has 0 saturated carbocycles. The molecule has 2 N–H and O–H groups in total. The Morgan fingerprint density at radius 1 is 0.692 bits per heavy atom. The lowest BCUT2D eigenvalue weighted by atomic mass is 9.95. The molecule has 126 valence electrons. The van der Waals surface area contributed by atoms with Crippen molar-refractivity contribution in [3.8, 4) is 22.5 Å². The summed E-state index contributed by atoms with van der Waals surface area (Å²) in [6.45, 7) is 0. The number of rotatable bonds is 4. The molecule has 4 nitrogen and oxygen atoms in total. The van der Waals surface area contributed by atoms with Gasteiger partial charge in [-0.3, -0.25) is 4.98 Å². The van der Waals surface area contributed by atoms with Gasteiger partial charge in [0, 0.05) is 35.5 Å². The highest BCUT2D eigenvalue weighted by atomic mass is 15.0. The van der Waals surface area contributed by atoms with Gasteiger partial charge in [0.25, 0.3) is 0 Å². The smallest absolute Gasteiger partial charge is 0.221 e. The highest BCUT2D eigenvalue weighted by molar-refractivity contribution is 5.75. The fraction of sp³-hybridized carbons (Fsp3) is 0.0455. The van der Waals surface area contributed by atoms with E-state index in [1.165, 1.54) is 5.56 Å². The second-order valence-corrected chi connectivity index (χ2v) is 6.03. The molecular weight excluding hydrogens is 320 g/mol. The van der Waals surface area contributed by atoms with Crippen LogP contribution >= 0.6 is 0 Å². The number of hydrogen-bond acceptors (Lipinski definition) is 4. The summed E-state index contributed by atoms with van der Waals surface area (Å²) in [7, 11) is 0. The van der Waals surface area contributed by atoms with E-state index >= 15 is 0 Å². The molecule has 0 radical (unpaired) electrons. The van der Waals surface area contributed by atoms with Crippen LogP contribution in [0.5, 0.6) is 0 Å². The highest BCUT2D eigenvalue weighted by Crippen LogP contribution is 2.32. The van der Waals surface area contributed by atoms with Crippen molar-refractivity contribution in [2.75, 3.05) is 5.73 Å². The second-order valence-electron chi connectivity index (χ2n) is 6.03. The van der Waals surface area contributed by atoms with E-state index in [4.69, 9.17) is 5.73 Å². The van der Waals surface area contributed by atoms with Crippen LogP contribution in [0, 0.1) is 0 Å². The van der Waals surface area contributed by atoms with Gasteiger partial charge in [-0.2, -0.15) is 0 Å². The lowest BCUT2D eigenvalue weighted by molar-refractivity contribution is 1.09. The summed E-state index contributed by atoms with van der Waals surface area (Å²) in [5.41, 5.74) is 11.9. The highest BCUT2D eigenvalue weighted by Gasteiger charge is 2.17. The first kappa shape index (κ1) is 16.0. The van der Waals surface area contributed by atoms with Crippen LogP contribution < -0.4 is 5.73 Å². The van der Waals surface area contributed by atoms with Crippen molar-refractivity contribution in [3.05, 3.63) is 96.3 Å². The van der Waals surface area contributed by atoms with Crippen LogP contribution in [0.1, 0.15) is 11.1 Å². The Bertz CT molecular complexity index is 939. The third-order valence-corrected chi connectivity index (χ3v) is 4.23. The fourth-order valence-corrected chi connectivity index (χ4v) is 3.05. The van der Waals surface area contributed by atoms with Crippen molar-refractivity contribution in [1.82, 2.24) is 15.0 Å². The number of pyridine rings is 1. The number of nitrogen functional groups attached to an aromatic ring is 1. The van der Waals surface area contributed by atoms with Crippen molar-refractivity contribution < 1.29 is 0 Å². The van der Waals surface area contributed by atoms with Gasteiger partial charge in [-0.25, -0.2) is 9.97 Å². The molecule has 2 aromatic heterocycles. The third-order valence-electron chi connectivity index (χ3n) is 4.23. The molecule has 0 bridgehead atoms. The minimum atomic E-state index is 0.263. The first-order chi connectivity index (χ1) is 12.8. The summed E-state index contributed by atoms with van der Waals surface area (Å²) in [4.78, 5) is 13.4. The second kappa shape index (κ2) is 7.15. The van der Waals surface area contributed by atoms with Gasteiger partial charge in [-0.1, -0.05) is 60.7 Å². The average Bonchev–Trinajstić information content (AvgIpc) is 2.71. The van der Waals surface area contributed by atoms with Crippen LogP contribution in [-0.2, 0) is 6.42 Å². The Labute approximate surface area is 152 Å². The Hall–Kier alpha value is -3.53. The number of benzene rings is 2. The predicted octanol–water partition coefficient (Wildman–Crippen LogP) is 4.38. The van der Waals surface area contributed by atoms with E-state index in [1.54, 1.807) is 6.20 Å². The molecule has 0 fully saturated rings. The largest absolute Gasteiger partial charge is 0.368 e. The van der Waals surface area contributed by atoms with Crippen LogP contribution in [0.4, 0.5) is 5.95 Å². The van der Waals surface area contributed by atoms with Gasteiger partial charge in [0.15, 0.2) is 0 Å². The van der Waals surface area contributed by atoms with E-state index in [2.05, 4.69) is 27.1 Å². The molecule has 0 spiro atoms. The minimum absolute atomic E-state index is 0.263. The summed E-state index contributed by atoms with van der Waals surface area (Å²) in [5.74, 6) is 0.263.